The first kappa shape index (κ1) is 15.2. The van der Waals surface area contributed by atoms with E-state index in [9.17, 15) is 0 Å². The van der Waals surface area contributed by atoms with Crippen molar-refractivity contribution in [3.63, 3.8) is 0 Å². The standard InChI is InChI=1S/C17H24N2S/c1-3-9-19-17(6-5-14-8-11-20-13-14)16-7-10-18-12-15(16)4-2/h7-8,10-13,17,19H,3-6,9H2,1-2H3. The van der Waals surface area contributed by atoms with Gasteiger partial charge in [0.25, 0.3) is 0 Å². The predicted molar refractivity (Wildman–Crippen MR) is 87.3 cm³/mol. The van der Waals surface area contributed by atoms with E-state index in [1.165, 1.54) is 23.1 Å². The van der Waals surface area contributed by atoms with Crippen molar-refractivity contribution in [3.8, 4) is 0 Å². The zero-order chi connectivity index (χ0) is 14.2. The maximum Gasteiger partial charge on any atom is 0.0327 e. The Bertz CT molecular complexity index is 493. The molecular formula is C17H24N2S. The Morgan fingerprint density at radius 2 is 2.20 bits per heavy atom. The van der Waals surface area contributed by atoms with Crippen molar-refractivity contribution in [2.75, 3.05) is 6.54 Å². The number of aromatic nitrogens is 1. The highest BCUT2D eigenvalue weighted by Gasteiger charge is 2.14. The van der Waals surface area contributed by atoms with Crippen molar-refractivity contribution in [1.82, 2.24) is 10.3 Å². The third-order valence-electron chi connectivity index (χ3n) is 3.64. The average Bonchev–Trinajstić information content (AvgIpc) is 3.01. The van der Waals surface area contributed by atoms with Crippen LogP contribution in [0.15, 0.2) is 35.3 Å². The molecule has 0 aliphatic heterocycles. The molecule has 1 unspecified atom stereocenters. The Hall–Kier alpha value is -1.19. The van der Waals surface area contributed by atoms with Gasteiger partial charge in [-0.3, -0.25) is 4.98 Å². The lowest BCUT2D eigenvalue weighted by molar-refractivity contribution is 0.496. The summed E-state index contributed by atoms with van der Waals surface area (Å²) in [6, 6.07) is 4.85. The van der Waals surface area contributed by atoms with E-state index in [1.54, 1.807) is 11.3 Å². The second-order valence-corrected chi connectivity index (χ2v) is 5.89. The Balaban J connectivity index is 2.09. The molecule has 0 fully saturated rings. The summed E-state index contributed by atoms with van der Waals surface area (Å²) in [7, 11) is 0. The van der Waals surface area contributed by atoms with Gasteiger partial charge >= 0.3 is 0 Å². The number of hydrogen-bond acceptors (Lipinski definition) is 3. The van der Waals surface area contributed by atoms with E-state index in [0.717, 1.165) is 25.8 Å². The lowest BCUT2D eigenvalue weighted by Crippen LogP contribution is -2.23. The second kappa shape index (κ2) is 8.18. The van der Waals surface area contributed by atoms with E-state index in [0.29, 0.717) is 6.04 Å². The molecule has 0 radical (unpaired) electrons. The maximum atomic E-state index is 4.26. The summed E-state index contributed by atoms with van der Waals surface area (Å²) in [5, 5.41) is 8.11. The summed E-state index contributed by atoms with van der Waals surface area (Å²) >= 11 is 1.78. The fourth-order valence-electron chi connectivity index (χ4n) is 2.51. The molecule has 1 atom stereocenters. The van der Waals surface area contributed by atoms with Crippen molar-refractivity contribution in [2.24, 2.45) is 0 Å². The second-order valence-electron chi connectivity index (χ2n) is 5.11. The number of aryl methyl sites for hydroxylation is 2. The summed E-state index contributed by atoms with van der Waals surface area (Å²) in [6.07, 6.45) is 8.43. The SMILES string of the molecule is CCCNC(CCc1ccsc1)c1ccncc1CC. The van der Waals surface area contributed by atoms with E-state index >= 15 is 0 Å². The van der Waals surface area contributed by atoms with E-state index in [4.69, 9.17) is 0 Å². The number of rotatable bonds is 8. The van der Waals surface area contributed by atoms with E-state index in [2.05, 4.69) is 47.0 Å². The Morgan fingerprint density at radius 3 is 2.90 bits per heavy atom. The van der Waals surface area contributed by atoms with Gasteiger partial charge in [0.15, 0.2) is 0 Å². The molecule has 0 aromatic carbocycles. The molecule has 0 saturated heterocycles. The number of thiophene rings is 1. The van der Waals surface area contributed by atoms with Gasteiger partial charge in [-0.2, -0.15) is 11.3 Å². The molecule has 0 amide bonds. The molecule has 2 nitrogen and oxygen atoms in total. The van der Waals surface area contributed by atoms with Gasteiger partial charge < -0.3 is 5.32 Å². The van der Waals surface area contributed by atoms with Gasteiger partial charge in [0.05, 0.1) is 0 Å². The summed E-state index contributed by atoms with van der Waals surface area (Å²) in [5.41, 5.74) is 4.24. The highest BCUT2D eigenvalue weighted by molar-refractivity contribution is 7.07. The molecule has 20 heavy (non-hydrogen) atoms. The topological polar surface area (TPSA) is 24.9 Å². The van der Waals surface area contributed by atoms with Crippen LogP contribution in [0.4, 0.5) is 0 Å². The summed E-state index contributed by atoms with van der Waals surface area (Å²) in [5.74, 6) is 0. The van der Waals surface area contributed by atoms with Crippen molar-refractivity contribution in [2.45, 2.75) is 45.6 Å². The molecule has 3 heteroatoms. The van der Waals surface area contributed by atoms with Gasteiger partial charge in [-0.05, 0) is 71.8 Å². The van der Waals surface area contributed by atoms with Crippen LogP contribution in [0.5, 0.6) is 0 Å². The Labute approximate surface area is 126 Å². The van der Waals surface area contributed by atoms with Gasteiger partial charge in [-0.15, -0.1) is 0 Å². The minimum atomic E-state index is 0.438. The van der Waals surface area contributed by atoms with Crippen LogP contribution in [0.2, 0.25) is 0 Å². The molecule has 108 valence electrons. The van der Waals surface area contributed by atoms with Crippen LogP contribution < -0.4 is 5.32 Å². The smallest absolute Gasteiger partial charge is 0.0327 e. The monoisotopic (exact) mass is 288 g/mol. The Morgan fingerprint density at radius 1 is 1.30 bits per heavy atom. The number of hydrogen-bond donors (Lipinski definition) is 1. The minimum Gasteiger partial charge on any atom is -0.310 e. The van der Waals surface area contributed by atoms with Crippen molar-refractivity contribution < 1.29 is 0 Å². The molecular weight excluding hydrogens is 264 g/mol. The molecule has 0 saturated carbocycles. The van der Waals surface area contributed by atoms with Gasteiger partial charge in [0.2, 0.25) is 0 Å². The van der Waals surface area contributed by atoms with Gasteiger partial charge in [0, 0.05) is 18.4 Å². The first-order chi connectivity index (χ1) is 9.85. The summed E-state index contributed by atoms with van der Waals surface area (Å²) in [4.78, 5) is 4.26. The lowest BCUT2D eigenvalue weighted by Gasteiger charge is -2.21. The summed E-state index contributed by atoms with van der Waals surface area (Å²) < 4.78 is 0. The van der Waals surface area contributed by atoms with Crippen molar-refractivity contribution in [3.05, 3.63) is 52.0 Å². The van der Waals surface area contributed by atoms with Crippen LogP contribution in [0.1, 0.15) is 49.4 Å². The third kappa shape index (κ3) is 4.15. The minimum absolute atomic E-state index is 0.438. The van der Waals surface area contributed by atoms with Crippen LogP contribution in [-0.2, 0) is 12.8 Å². The first-order valence-electron chi connectivity index (χ1n) is 7.52. The van der Waals surface area contributed by atoms with Crippen molar-refractivity contribution in [1.29, 1.82) is 0 Å². The normalized spacial score (nSPS) is 12.5. The highest BCUT2D eigenvalue weighted by atomic mass is 32.1. The molecule has 2 rings (SSSR count). The zero-order valence-corrected chi connectivity index (χ0v) is 13.2. The molecule has 0 bridgehead atoms. The lowest BCUT2D eigenvalue weighted by atomic mass is 9.96. The van der Waals surface area contributed by atoms with E-state index in [1.807, 2.05) is 12.4 Å². The molecule has 0 aliphatic rings. The van der Waals surface area contributed by atoms with Gasteiger partial charge in [0.1, 0.15) is 0 Å². The zero-order valence-electron chi connectivity index (χ0n) is 12.4. The molecule has 0 aliphatic carbocycles. The van der Waals surface area contributed by atoms with Crippen LogP contribution in [0, 0.1) is 0 Å². The van der Waals surface area contributed by atoms with E-state index in [-0.39, 0.29) is 0 Å². The first-order valence-corrected chi connectivity index (χ1v) is 8.46. The molecule has 2 aromatic rings. The maximum absolute atomic E-state index is 4.26. The molecule has 0 spiro atoms. The number of nitrogens with zero attached hydrogens (tertiary/aromatic N) is 1. The highest BCUT2D eigenvalue weighted by Crippen LogP contribution is 2.23. The predicted octanol–water partition coefficient (Wildman–Crippen LogP) is 4.38. The molecule has 2 aromatic heterocycles. The van der Waals surface area contributed by atoms with Crippen molar-refractivity contribution >= 4 is 11.3 Å². The number of pyridine rings is 1. The van der Waals surface area contributed by atoms with Gasteiger partial charge in [-0.25, -0.2) is 0 Å². The average molecular weight is 288 g/mol. The quantitative estimate of drug-likeness (QED) is 0.779. The molecule has 1 N–H and O–H groups in total. The fraction of sp³-hybridized carbons (Fsp3) is 0.471. The van der Waals surface area contributed by atoms with Crippen LogP contribution in [0.3, 0.4) is 0 Å². The summed E-state index contributed by atoms with van der Waals surface area (Å²) in [6.45, 7) is 5.49. The van der Waals surface area contributed by atoms with Gasteiger partial charge in [-0.1, -0.05) is 13.8 Å². The fourth-order valence-corrected chi connectivity index (χ4v) is 3.21. The van der Waals surface area contributed by atoms with E-state index < -0.39 is 0 Å². The third-order valence-corrected chi connectivity index (χ3v) is 4.37. The van der Waals surface area contributed by atoms with Crippen LogP contribution >= 0.6 is 11.3 Å². The number of nitrogens with one attached hydrogen (secondary N) is 1. The Kier molecular flexibility index (Phi) is 6.22. The largest absolute Gasteiger partial charge is 0.310 e. The molecule has 2 heterocycles. The van der Waals surface area contributed by atoms with Crippen LogP contribution in [0.25, 0.3) is 0 Å². The van der Waals surface area contributed by atoms with Crippen LogP contribution in [-0.4, -0.2) is 11.5 Å².